The quantitative estimate of drug-likeness (QED) is 0.330. The predicted octanol–water partition coefficient (Wildman–Crippen LogP) is 5.48. The number of carbonyl (C=O) groups is 2. The zero-order valence-electron chi connectivity index (χ0n) is 20.9. The van der Waals surface area contributed by atoms with Gasteiger partial charge in [0.15, 0.2) is 11.5 Å². The molecule has 0 bridgehead atoms. The molecule has 0 aliphatic heterocycles. The lowest BCUT2D eigenvalue weighted by Crippen LogP contribution is -2.24. The summed E-state index contributed by atoms with van der Waals surface area (Å²) in [6, 6.07) is 17.6. The van der Waals surface area contributed by atoms with Crippen molar-refractivity contribution in [3.8, 4) is 23.0 Å². The Morgan fingerprint density at radius 3 is 2.08 bits per heavy atom. The fraction of sp³-hybridized carbons (Fsp3) is 0.259. The van der Waals surface area contributed by atoms with E-state index >= 15 is 0 Å². The monoisotopic (exact) mass is 510 g/mol. The second-order valence-corrected chi connectivity index (χ2v) is 8.93. The Balaban J connectivity index is 1.69. The summed E-state index contributed by atoms with van der Waals surface area (Å²) < 4.78 is 21.1. The summed E-state index contributed by atoms with van der Waals surface area (Å²) in [4.78, 5) is 26.6. The van der Waals surface area contributed by atoms with E-state index in [-0.39, 0.29) is 17.1 Å². The van der Waals surface area contributed by atoms with Crippen molar-refractivity contribution in [2.45, 2.75) is 23.5 Å². The number of anilines is 2. The van der Waals surface area contributed by atoms with Crippen LogP contribution in [0.2, 0.25) is 0 Å². The second-order valence-electron chi connectivity index (χ2n) is 7.66. The summed E-state index contributed by atoms with van der Waals surface area (Å²) in [5, 5.41) is 5.49. The number of hydrogen-bond acceptors (Lipinski definition) is 7. The molecule has 0 aliphatic carbocycles. The lowest BCUT2D eigenvalue weighted by atomic mass is 10.2. The third-order valence-electron chi connectivity index (χ3n) is 5.30. The van der Waals surface area contributed by atoms with Gasteiger partial charge in [0.2, 0.25) is 5.91 Å². The number of carbonyl (C=O) groups excluding carboxylic acids is 2. The summed E-state index contributed by atoms with van der Waals surface area (Å²) in [5.74, 6) is 1.77. The standard InChI is InChI=1S/C27H30N2O6S/c1-6-25(27(31)29-19-13-20(32-2)16-21(14-19)33-3)36-22-9-7-8-18(15-22)28-26(30)17-10-11-23(34-4)24(12-17)35-5/h7-16,25H,6H2,1-5H3,(H,28,30)(H,29,31). The number of hydrogen-bond donors (Lipinski definition) is 2. The lowest BCUT2D eigenvalue weighted by Gasteiger charge is -2.16. The summed E-state index contributed by atoms with van der Waals surface area (Å²) in [6.45, 7) is 1.95. The normalized spacial score (nSPS) is 11.2. The average molecular weight is 511 g/mol. The molecule has 190 valence electrons. The van der Waals surface area contributed by atoms with E-state index in [1.807, 2.05) is 25.1 Å². The molecule has 0 spiro atoms. The van der Waals surface area contributed by atoms with E-state index in [2.05, 4.69) is 10.6 Å². The molecule has 0 saturated carbocycles. The molecule has 8 nitrogen and oxygen atoms in total. The third kappa shape index (κ3) is 6.85. The molecule has 0 saturated heterocycles. The van der Waals surface area contributed by atoms with Crippen molar-refractivity contribution in [1.29, 1.82) is 0 Å². The van der Waals surface area contributed by atoms with Gasteiger partial charge in [-0.15, -0.1) is 11.8 Å². The van der Waals surface area contributed by atoms with Gasteiger partial charge in [-0.3, -0.25) is 9.59 Å². The summed E-state index contributed by atoms with van der Waals surface area (Å²) in [7, 11) is 6.17. The molecule has 2 amide bonds. The molecule has 2 N–H and O–H groups in total. The SMILES string of the molecule is CCC(Sc1cccc(NC(=O)c2ccc(OC)c(OC)c2)c1)C(=O)Nc1cc(OC)cc(OC)c1. The van der Waals surface area contributed by atoms with Crippen LogP contribution in [-0.4, -0.2) is 45.5 Å². The minimum absolute atomic E-state index is 0.141. The highest BCUT2D eigenvalue weighted by Gasteiger charge is 2.19. The zero-order valence-corrected chi connectivity index (χ0v) is 21.7. The number of rotatable bonds is 11. The van der Waals surface area contributed by atoms with E-state index in [1.54, 1.807) is 56.7 Å². The van der Waals surface area contributed by atoms with E-state index in [0.717, 1.165) is 4.90 Å². The van der Waals surface area contributed by atoms with Gasteiger partial charge >= 0.3 is 0 Å². The van der Waals surface area contributed by atoms with Crippen molar-refractivity contribution < 1.29 is 28.5 Å². The number of nitrogens with one attached hydrogen (secondary N) is 2. The van der Waals surface area contributed by atoms with Gasteiger partial charge in [0.25, 0.3) is 5.91 Å². The number of amides is 2. The van der Waals surface area contributed by atoms with Crippen LogP contribution in [0.5, 0.6) is 23.0 Å². The van der Waals surface area contributed by atoms with Crippen molar-refractivity contribution >= 4 is 35.0 Å². The van der Waals surface area contributed by atoms with Gasteiger partial charge in [-0.1, -0.05) is 13.0 Å². The molecule has 0 heterocycles. The highest BCUT2D eigenvalue weighted by molar-refractivity contribution is 8.00. The Morgan fingerprint density at radius 1 is 0.778 bits per heavy atom. The van der Waals surface area contributed by atoms with Gasteiger partial charge in [-0.2, -0.15) is 0 Å². The number of thioether (sulfide) groups is 1. The van der Waals surface area contributed by atoms with Crippen LogP contribution >= 0.6 is 11.8 Å². The fourth-order valence-electron chi connectivity index (χ4n) is 3.42. The highest BCUT2D eigenvalue weighted by atomic mass is 32.2. The maximum atomic E-state index is 13.0. The number of benzene rings is 3. The van der Waals surface area contributed by atoms with Crippen molar-refractivity contribution in [2.24, 2.45) is 0 Å². The minimum atomic E-state index is -0.348. The number of methoxy groups -OCH3 is 4. The van der Waals surface area contributed by atoms with Crippen molar-refractivity contribution in [2.75, 3.05) is 39.1 Å². The first-order chi connectivity index (χ1) is 17.4. The molecule has 3 aromatic rings. The second kappa shape index (κ2) is 12.7. The summed E-state index contributed by atoms with van der Waals surface area (Å²) in [5.41, 5.74) is 1.64. The van der Waals surface area contributed by atoms with Crippen LogP contribution in [0.4, 0.5) is 11.4 Å². The molecule has 0 aliphatic rings. The van der Waals surface area contributed by atoms with Gasteiger partial charge < -0.3 is 29.6 Å². The molecular formula is C27H30N2O6S. The number of ether oxygens (including phenoxy) is 4. The molecule has 0 fully saturated rings. The van der Waals surface area contributed by atoms with Gasteiger partial charge in [-0.25, -0.2) is 0 Å². The largest absolute Gasteiger partial charge is 0.497 e. The van der Waals surface area contributed by atoms with Crippen molar-refractivity contribution in [3.63, 3.8) is 0 Å². The average Bonchev–Trinajstić information content (AvgIpc) is 2.90. The summed E-state index contributed by atoms with van der Waals surface area (Å²) in [6.07, 6.45) is 0.611. The van der Waals surface area contributed by atoms with E-state index in [0.29, 0.717) is 46.4 Å². The van der Waals surface area contributed by atoms with Gasteiger partial charge in [-0.05, 0) is 42.8 Å². The maximum absolute atomic E-state index is 13.0. The molecular weight excluding hydrogens is 480 g/mol. The predicted molar refractivity (Wildman–Crippen MR) is 142 cm³/mol. The molecule has 9 heteroatoms. The lowest BCUT2D eigenvalue weighted by molar-refractivity contribution is -0.115. The van der Waals surface area contributed by atoms with Crippen LogP contribution in [0.25, 0.3) is 0 Å². The Bertz CT molecular complexity index is 1190. The highest BCUT2D eigenvalue weighted by Crippen LogP contribution is 2.31. The Kier molecular flexibility index (Phi) is 9.46. The van der Waals surface area contributed by atoms with E-state index in [1.165, 1.54) is 26.0 Å². The molecule has 1 atom stereocenters. The fourth-order valence-corrected chi connectivity index (χ4v) is 4.43. The molecule has 36 heavy (non-hydrogen) atoms. The van der Waals surface area contributed by atoms with Crippen molar-refractivity contribution in [1.82, 2.24) is 0 Å². The Labute approximate surface area is 215 Å². The van der Waals surface area contributed by atoms with Crippen LogP contribution in [0.1, 0.15) is 23.7 Å². The van der Waals surface area contributed by atoms with Gasteiger partial charge in [0, 0.05) is 40.0 Å². The third-order valence-corrected chi connectivity index (χ3v) is 6.66. The van der Waals surface area contributed by atoms with E-state index in [4.69, 9.17) is 18.9 Å². The Morgan fingerprint density at radius 2 is 1.47 bits per heavy atom. The van der Waals surface area contributed by atoms with Crippen molar-refractivity contribution in [3.05, 3.63) is 66.2 Å². The van der Waals surface area contributed by atoms with Crippen LogP contribution < -0.4 is 29.6 Å². The zero-order chi connectivity index (χ0) is 26.1. The van der Waals surface area contributed by atoms with Crippen LogP contribution in [0.3, 0.4) is 0 Å². The maximum Gasteiger partial charge on any atom is 0.255 e. The first-order valence-corrected chi connectivity index (χ1v) is 12.1. The van der Waals surface area contributed by atoms with Gasteiger partial charge in [0.05, 0.1) is 33.7 Å². The smallest absolute Gasteiger partial charge is 0.255 e. The van der Waals surface area contributed by atoms with E-state index < -0.39 is 0 Å². The first kappa shape index (κ1) is 26.7. The molecule has 1 unspecified atom stereocenters. The Hall–Kier alpha value is -3.85. The molecule has 0 aromatic heterocycles. The van der Waals surface area contributed by atoms with Gasteiger partial charge in [0.1, 0.15) is 11.5 Å². The van der Waals surface area contributed by atoms with Crippen LogP contribution in [-0.2, 0) is 4.79 Å². The first-order valence-electron chi connectivity index (χ1n) is 11.2. The molecule has 0 radical (unpaired) electrons. The molecule has 3 aromatic carbocycles. The van der Waals surface area contributed by atoms with Crippen LogP contribution in [0, 0.1) is 0 Å². The van der Waals surface area contributed by atoms with E-state index in [9.17, 15) is 9.59 Å². The topological polar surface area (TPSA) is 95.1 Å². The minimum Gasteiger partial charge on any atom is -0.497 e. The summed E-state index contributed by atoms with van der Waals surface area (Å²) >= 11 is 1.42. The molecule has 3 rings (SSSR count). The van der Waals surface area contributed by atoms with Crippen LogP contribution in [0.15, 0.2) is 65.6 Å².